The van der Waals surface area contributed by atoms with E-state index < -0.39 is 0 Å². The summed E-state index contributed by atoms with van der Waals surface area (Å²) in [6.45, 7) is 4.44. The second-order valence-corrected chi connectivity index (χ2v) is 4.56. The van der Waals surface area contributed by atoms with Crippen molar-refractivity contribution in [3.8, 4) is 0 Å². The van der Waals surface area contributed by atoms with E-state index >= 15 is 0 Å². The molecule has 0 rings (SSSR count). The number of hydrogen-bond acceptors (Lipinski definition) is 2. The molecule has 0 N–H and O–H groups in total. The molecule has 96 valence electrons. The Morgan fingerprint density at radius 1 is 1.19 bits per heavy atom. The first-order valence-corrected chi connectivity index (χ1v) is 7.05. The Morgan fingerprint density at radius 2 is 1.81 bits per heavy atom. The normalized spacial score (nSPS) is 10.4. The lowest BCUT2D eigenvalue weighted by Crippen LogP contribution is -2.26. The van der Waals surface area contributed by atoms with Crippen molar-refractivity contribution < 1.29 is 9.53 Å². The van der Waals surface area contributed by atoms with Crippen LogP contribution < -0.4 is 0 Å². The topological polar surface area (TPSA) is 29.5 Å². The van der Waals surface area contributed by atoms with Crippen molar-refractivity contribution in [2.75, 3.05) is 33.0 Å². The molecule has 1 unspecified atom stereocenters. The first-order valence-electron chi connectivity index (χ1n) is 6.24. The third-order valence-corrected chi connectivity index (χ3v) is 2.91. The third-order valence-electron chi connectivity index (χ3n) is 2.50. The lowest BCUT2D eigenvalue weighted by molar-refractivity contribution is -0.129. The van der Waals surface area contributed by atoms with Crippen LogP contribution >= 0.6 is 9.24 Å². The van der Waals surface area contributed by atoms with Crippen molar-refractivity contribution >= 4 is 15.1 Å². The van der Waals surface area contributed by atoms with Crippen molar-refractivity contribution in [1.29, 1.82) is 0 Å². The van der Waals surface area contributed by atoms with Gasteiger partial charge >= 0.3 is 0 Å². The number of rotatable bonds is 10. The Labute approximate surface area is 102 Å². The molecule has 0 saturated heterocycles. The predicted octanol–water partition coefficient (Wildman–Crippen LogP) is 2.31. The van der Waals surface area contributed by atoms with Crippen LogP contribution in [0.15, 0.2) is 0 Å². The highest BCUT2D eigenvalue weighted by Gasteiger charge is 2.04. The maximum atomic E-state index is 11.2. The minimum absolute atomic E-state index is 0.223. The molecule has 0 aliphatic heterocycles. The van der Waals surface area contributed by atoms with Crippen LogP contribution in [0.5, 0.6) is 0 Å². The van der Waals surface area contributed by atoms with Crippen molar-refractivity contribution in [2.45, 2.75) is 39.0 Å². The molecular weight excluding hydrogens is 221 g/mol. The van der Waals surface area contributed by atoms with Crippen molar-refractivity contribution in [3.63, 3.8) is 0 Å². The van der Waals surface area contributed by atoms with Gasteiger partial charge in [0.05, 0.1) is 0 Å². The monoisotopic (exact) mass is 247 g/mol. The van der Waals surface area contributed by atoms with E-state index in [4.69, 9.17) is 4.74 Å². The zero-order valence-electron chi connectivity index (χ0n) is 10.7. The molecule has 1 amide bonds. The number of carbonyl (C=O) groups is 1. The molecule has 0 fully saturated rings. The van der Waals surface area contributed by atoms with Gasteiger partial charge in [-0.25, -0.2) is 0 Å². The molecule has 0 radical (unpaired) electrons. The molecule has 0 bridgehead atoms. The molecule has 16 heavy (non-hydrogen) atoms. The molecule has 1 atom stereocenters. The van der Waals surface area contributed by atoms with Gasteiger partial charge in [-0.2, -0.15) is 0 Å². The van der Waals surface area contributed by atoms with Gasteiger partial charge in [0.15, 0.2) is 0 Å². The van der Waals surface area contributed by atoms with E-state index in [1.165, 1.54) is 6.42 Å². The zero-order valence-corrected chi connectivity index (χ0v) is 11.9. The van der Waals surface area contributed by atoms with E-state index in [9.17, 15) is 4.79 Å². The van der Waals surface area contributed by atoms with Crippen LogP contribution in [0.4, 0.5) is 0 Å². The smallest absolute Gasteiger partial charge is 0.222 e. The van der Waals surface area contributed by atoms with Gasteiger partial charge in [0.25, 0.3) is 0 Å². The van der Waals surface area contributed by atoms with Gasteiger partial charge in [-0.1, -0.05) is 6.92 Å². The molecule has 0 aromatic heterocycles. The lowest BCUT2D eigenvalue weighted by Gasteiger charge is -2.15. The number of amides is 1. The molecular formula is C12H26NO2P. The minimum Gasteiger partial charge on any atom is -0.381 e. The summed E-state index contributed by atoms with van der Waals surface area (Å²) in [5.41, 5.74) is 0. The van der Waals surface area contributed by atoms with Gasteiger partial charge in [-0.15, -0.1) is 9.24 Å². The quantitative estimate of drug-likeness (QED) is 0.438. The molecule has 4 heteroatoms. The van der Waals surface area contributed by atoms with Gasteiger partial charge in [-0.3, -0.25) is 4.79 Å². The van der Waals surface area contributed by atoms with E-state index in [1.807, 2.05) is 14.0 Å². The molecule has 3 nitrogen and oxygen atoms in total. The van der Waals surface area contributed by atoms with Crippen LogP contribution in [0, 0.1) is 0 Å². The van der Waals surface area contributed by atoms with E-state index in [2.05, 4.69) is 9.24 Å². The molecule has 0 aliphatic carbocycles. The Hall–Kier alpha value is -0.140. The number of unbranched alkanes of at least 4 members (excludes halogenated alkanes) is 2. The zero-order chi connectivity index (χ0) is 12.2. The Morgan fingerprint density at radius 3 is 2.38 bits per heavy atom. The lowest BCUT2D eigenvalue weighted by atomic mass is 10.3. The molecule has 0 heterocycles. The number of ether oxygens (including phenoxy) is 1. The summed E-state index contributed by atoms with van der Waals surface area (Å²) in [6, 6.07) is 0. The Kier molecular flexibility index (Phi) is 11.2. The average molecular weight is 247 g/mol. The average Bonchev–Trinajstić information content (AvgIpc) is 2.31. The summed E-state index contributed by atoms with van der Waals surface area (Å²) < 4.78 is 5.49. The van der Waals surface area contributed by atoms with Crippen LogP contribution in [0.3, 0.4) is 0 Å². The van der Waals surface area contributed by atoms with Crippen molar-refractivity contribution in [2.24, 2.45) is 0 Å². The number of carbonyl (C=O) groups excluding carboxylic acids is 1. The van der Waals surface area contributed by atoms with E-state index in [0.717, 1.165) is 45.2 Å². The molecule has 0 aromatic rings. The first-order chi connectivity index (χ1) is 7.72. The standard InChI is InChI=1S/C12H26NO2P/c1-3-12(14)13(2)8-4-5-9-15-10-6-7-11-16/h3-11,16H2,1-2H3. The Balaban J connectivity index is 3.17. The SMILES string of the molecule is CCC(=O)N(C)CCCCOCCCCP. The fraction of sp³-hybridized carbons (Fsp3) is 0.917. The third kappa shape index (κ3) is 9.11. The van der Waals surface area contributed by atoms with E-state index in [0.29, 0.717) is 6.42 Å². The maximum absolute atomic E-state index is 11.2. The fourth-order valence-electron chi connectivity index (χ4n) is 1.40. The summed E-state index contributed by atoms with van der Waals surface area (Å²) in [5, 5.41) is 0. The van der Waals surface area contributed by atoms with Crippen molar-refractivity contribution in [3.05, 3.63) is 0 Å². The van der Waals surface area contributed by atoms with Crippen molar-refractivity contribution in [1.82, 2.24) is 4.90 Å². The molecule has 0 saturated carbocycles. The predicted molar refractivity (Wildman–Crippen MR) is 71.8 cm³/mol. The van der Waals surface area contributed by atoms with Crippen LogP contribution in [-0.4, -0.2) is 43.8 Å². The fourth-order valence-corrected chi connectivity index (χ4v) is 1.69. The maximum Gasteiger partial charge on any atom is 0.222 e. The number of hydrogen-bond donors (Lipinski definition) is 0. The van der Waals surface area contributed by atoms with Gasteiger partial charge in [0.2, 0.25) is 5.91 Å². The summed E-state index contributed by atoms with van der Waals surface area (Å²) in [7, 11) is 4.59. The highest BCUT2D eigenvalue weighted by molar-refractivity contribution is 7.16. The van der Waals surface area contributed by atoms with Gasteiger partial charge in [-0.05, 0) is 31.8 Å². The van der Waals surface area contributed by atoms with Crippen LogP contribution in [-0.2, 0) is 9.53 Å². The first kappa shape index (κ1) is 15.9. The molecule has 0 spiro atoms. The summed E-state index contributed by atoms with van der Waals surface area (Å²) in [5.74, 6) is 0.223. The van der Waals surface area contributed by atoms with E-state index in [-0.39, 0.29) is 5.91 Å². The summed E-state index contributed by atoms with van der Waals surface area (Å²) >= 11 is 0. The Bertz CT molecular complexity index is 176. The molecule has 0 aliphatic rings. The highest BCUT2D eigenvalue weighted by atomic mass is 31.0. The second kappa shape index (κ2) is 11.3. The minimum atomic E-state index is 0.223. The number of nitrogens with zero attached hydrogens (tertiary/aromatic N) is 1. The van der Waals surface area contributed by atoms with Crippen LogP contribution in [0.2, 0.25) is 0 Å². The summed E-state index contributed by atoms with van der Waals surface area (Å²) in [4.78, 5) is 13.0. The van der Waals surface area contributed by atoms with Crippen LogP contribution in [0.25, 0.3) is 0 Å². The van der Waals surface area contributed by atoms with Gasteiger partial charge < -0.3 is 9.64 Å². The summed E-state index contributed by atoms with van der Waals surface area (Å²) in [6.07, 6.45) is 6.21. The molecule has 0 aromatic carbocycles. The highest BCUT2D eigenvalue weighted by Crippen LogP contribution is 1.98. The van der Waals surface area contributed by atoms with Crippen LogP contribution in [0.1, 0.15) is 39.0 Å². The largest absolute Gasteiger partial charge is 0.381 e. The van der Waals surface area contributed by atoms with E-state index in [1.54, 1.807) is 4.90 Å². The van der Waals surface area contributed by atoms with Gasteiger partial charge in [0.1, 0.15) is 0 Å². The second-order valence-electron chi connectivity index (χ2n) is 3.98. The van der Waals surface area contributed by atoms with Gasteiger partial charge in [0, 0.05) is 33.2 Å².